The van der Waals surface area contributed by atoms with E-state index in [1.165, 1.54) is 76.2 Å². The molecule has 1 aromatic rings. The van der Waals surface area contributed by atoms with Crippen molar-refractivity contribution in [3.8, 4) is 0 Å². The highest BCUT2D eigenvalue weighted by Gasteiger charge is 2.38. The van der Waals surface area contributed by atoms with E-state index in [4.69, 9.17) is 0 Å². The largest absolute Gasteiger partial charge is 0.207 e. The summed E-state index contributed by atoms with van der Waals surface area (Å²) in [7, 11) is 0. The van der Waals surface area contributed by atoms with Crippen LogP contribution in [0.15, 0.2) is 24.8 Å². The molecular formula is C29H43F. The summed E-state index contributed by atoms with van der Waals surface area (Å²) in [5.41, 5.74) is 3.50. The van der Waals surface area contributed by atoms with Gasteiger partial charge >= 0.3 is 0 Å². The van der Waals surface area contributed by atoms with Gasteiger partial charge in [-0.25, -0.2) is 4.39 Å². The summed E-state index contributed by atoms with van der Waals surface area (Å²) in [6.07, 6.45) is 21.6. The summed E-state index contributed by atoms with van der Waals surface area (Å²) < 4.78 is 14.9. The van der Waals surface area contributed by atoms with Crippen molar-refractivity contribution in [2.45, 2.75) is 103 Å². The molecule has 0 spiro atoms. The highest BCUT2D eigenvalue weighted by Crippen LogP contribution is 2.49. The summed E-state index contributed by atoms with van der Waals surface area (Å²) in [5, 5.41) is 0. The maximum absolute atomic E-state index is 14.9. The normalized spacial score (nSPS) is 31.1. The average molecular weight is 411 g/mol. The Balaban J connectivity index is 1.32. The molecule has 3 aliphatic carbocycles. The number of unbranched alkanes of at least 4 members (excludes halogenated alkanes) is 2. The SMILES string of the molecule is C=CCCc1cc(F)c2c(c1)CCC(C1CCC3CC(CCCCC)CCC3C1)C2. The zero-order valence-corrected chi connectivity index (χ0v) is 19.3. The van der Waals surface area contributed by atoms with Crippen molar-refractivity contribution in [3.63, 3.8) is 0 Å². The molecule has 0 radical (unpaired) electrons. The molecule has 0 aromatic heterocycles. The van der Waals surface area contributed by atoms with Gasteiger partial charge in [-0.05, 0) is 117 Å². The van der Waals surface area contributed by atoms with Crippen molar-refractivity contribution in [2.24, 2.45) is 29.6 Å². The molecule has 5 unspecified atom stereocenters. The second kappa shape index (κ2) is 10.5. The van der Waals surface area contributed by atoms with Crippen LogP contribution in [0, 0.1) is 35.4 Å². The number of fused-ring (bicyclic) bond motifs is 2. The van der Waals surface area contributed by atoms with Crippen LogP contribution in [0.5, 0.6) is 0 Å². The Bertz CT molecular complexity index is 705. The smallest absolute Gasteiger partial charge is 0.126 e. The Morgan fingerprint density at radius 2 is 1.73 bits per heavy atom. The Morgan fingerprint density at radius 1 is 0.967 bits per heavy atom. The Kier molecular flexibility index (Phi) is 7.71. The lowest BCUT2D eigenvalue weighted by Gasteiger charge is -2.45. The summed E-state index contributed by atoms with van der Waals surface area (Å²) in [6.45, 7) is 6.12. The first-order chi connectivity index (χ1) is 14.7. The first-order valence-electron chi connectivity index (χ1n) is 13.1. The quantitative estimate of drug-likeness (QED) is 0.298. The number of hydrogen-bond acceptors (Lipinski definition) is 0. The molecule has 3 aliphatic rings. The third kappa shape index (κ3) is 5.20. The molecule has 0 heterocycles. The second-order valence-electron chi connectivity index (χ2n) is 10.8. The fourth-order valence-electron chi connectivity index (χ4n) is 7.12. The van der Waals surface area contributed by atoms with E-state index in [9.17, 15) is 4.39 Å². The Morgan fingerprint density at radius 3 is 2.53 bits per heavy atom. The lowest BCUT2D eigenvalue weighted by Crippen LogP contribution is -2.35. The van der Waals surface area contributed by atoms with E-state index in [0.29, 0.717) is 5.92 Å². The predicted molar refractivity (Wildman–Crippen MR) is 126 cm³/mol. The van der Waals surface area contributed by atoms with Crippen LogP contribution in [-0.2, 0) is 19.3 Å². The molecule has 0 nitrogen and oxygen atoms in total. The van der Waals surface area contributed by atoms with Crippen molar-refractivity contribution in [3.05, 3.63) is 47.3 Å². The van der Waals surface area contributed by atoms with E-state index >= 15 is 0 Å². The Labute approximate surface area is 184 Å². The summed E-state index contributed by atoms with van der Waals surface area (Å²) >= 11 is 0. The standard InChI is InChI=1S/C29H43F/c1-3-5-7-9-21-10-11-24-19-25(13-12-23(24)16-21)26-14-15-27-17-22(8-6-4-2)18-29(30)28(27)20-26/h4,17-18,21,23-26H,2-3,5-16,19-20H2,1H3. The van der Waals surface area contributed by atoms with Gasteiger partial charge < -0.3 is 0 Å². The van der Waals surface area contributed by atoms with Gasteiger partial charge in [0.25, 0.3) is 0 Å². The fraction of sp³-hybridized carbons (Fsp3) is 0.724. The van der Waals surface area contributed by atoms with Crippen LogP contribution in [0.25, 0.3) is 0 Å². The number of hydrogen-bond donors (Lipinski definition) is 0. The number of aryl methyl sites for hydroxylation is 2. The first kappa shape index (κ1) is 22.1. The molecule has 30 heavy (non-hydrogen) atoms. The van der Waals surface area contributed by atoms with E-state index in [0.717, 1.165) is 60.5 Å². The molecule has 0 N–H and O–H groups in total. The van der Waals surface area contributed by atoms with E-state index in [1.54, 1.807) is 6.07 Å². The number of benzene rings is 1. The van der Waals surface area contributed by atoms with Gasteiger partial charge in [0.15, 0.2) is 0 Å². The maximum atomic E-state index is 14.9. The molecule has 5 atom stereocenters. The minimum Gasteiger partial charge on any atom is -0.207 e. The lowest BCUT2D eigenvalue weighted by molar-refractivity contribution is 0.0687. The van der Waals surface area contributed by atoms with E-state index in [-0.39, 0.29) is 5.82 Å². The monoisotopic (exact) mass is 410 g/mol. The predicted octanol–water partition coefficient (Wildman–Crippen LogP) is 8.46. The zero-order chi connectivity index (χ0) is 20.9. The highest BCUT2D eigenvalue weighted by molar-refractivity contribution is 5.36. The highest BCUT2D eigenvalue weighted by atomic mass is 19.1. The van der Waals surface area contributed by atoms with Crippen LogP contribution in [0.1, 0.15) is 101 Å². The summed E-state index contributed by atoms with van der Waals surface area (Å²) in [6, 6.07) is 4.09. The summed E-state index contributed by atoms with van der Waals surface area (Å²) in [5.74, 6) is 4.61. The number of halogens is 1. The van der Waals surface area contributed by atoms with Gasteiger partial charge in [-0.1, -0.05) is 51.2 Å². The van der Waals surface area contributed by atoms with Gasteiger partial charge in [0.1, 0.15) is 5.82 Å². The molecule has 0 saturated heterocycles. The molecule has 0 bridgehead atoms. The van der Waals surface area contributed by atoms with Crippen molar-refractivity contribution < 1.29 is 4.39 Å². The molecule has 1 aromatic carbocycles. The minimum absolute atomic E-state index is 0.0672. The topological polar surface area (TPSA) is 0 Å². The van der Waals surface area contributed by atoms with Crippen LogP contribution in [-0.4, -0.2) is 0 Å². The van der Waals surface area contributed by atoms with E-state index in [1.807, 2.05) is 6.08 Å². The zero-order valence-electron chi connectivity index (χ0n) is 19.3. The summed E-state index contributed by atoms with van der Waals surface area (Å²) in [4.78, 5) is 0. The first-order valence-corrected chi connectivity index (χ1v) is 13.1. The van der Waals surface area contributed by atoms with Crippen LogP contribution in [0.4, 0.5) is 4.39 Å². The number of rotatable bonds is 8. The van der Waals surface area contributed by atoms with Gasteiger partial charge in [0, 0.05) is 0 Å². The van der Waals surface area contributed by atoms with Crippen molar-refractivity contribution in [1.29, 1.82) is 0 Å². The van der Waals surface area contributed by atoms with Gasteiger partial charge in [-0.2, -0.15) is 0 Å². The van der Waals surface area contributed by atoms with E-state index < -0.39 is 0 Å². The molecule has 4 rings (SSSR count). The lowest BCUT2D eigenvalue weighted by atomic mass is 9.60. The molecule has 1 heteroatoms. The third-order valence-electron chi connectivity index (χ3n) is 8.88. The molecule has 2 fully saturated rings. The average Bonchev–Trinajstić information content (AvgIpc) is 2.77. The van der Waals surface area contributed by atoms with Gasteiger partial charge in [0.05, 0.1) is 0 Å². The van der Waals surface area contributed by atoms with Gasteiger partial charge in [0.2, 0.25) is 0 Å². The molecule has 0 aliphatic heterocycles. The third-order valence-corrected chi connectivity index (χ3v) is 8.88. The van der Waals surface area contributed by atoms with Crippen LogP contribution < -0.4 is 0 Å². The van der Waals surface area contributed by atoms with E-state index in [2.05, 4.69) is 19.6 Å². The van der Waals surface area contributed by atoms with Gasteiger partial charge in [-0.3, -0.25) is 0 Å². The van der Waals surface area contributed by atoms with Crippen molar-refractivity contribution in [1.82, 2.24) is 0 Å². The number of allylic oxidation sites excluding steroid dienone is 1. The second-order valence-corrected chi connectivity index (χ2v) is 10.8. The fourth-order valence-corrected chi connectivity index (χ4v) is 7.12. The van der Waals surface area contributed by atoms with Crippen molar-refractivity contribution >= 4 is 0 Å². The molecule has 166 valence electrons. The van der Waals surface area contributed by atoms with Crippen LogP contribution >= 0.6 is 0 Å². The maximum Gasteiger partial charge on any atom is 0.126 e. The van der Waals surface area contributed by atoms with Gasteiger partial charge in [-0.15, -0.1) is 6.58 Å². The Hall–Kier alpha value is -1.11. The molecule has 2 saturated carbocycles. The molecular weight excluding hydrogens is 367 g/mol. The molecule has 0 amide bonds. The van der Waals surface area contributed by atoms with Crippen LogP contribution in [0.3, 0.4) is 0 Å². The minimum atomic E-state index is 0.0672. The van der Waals surface area contributed by atoms with Crippen LogP contribution in [0.2, 0.25) is 0 Å². The van der Waals surface area contributed by atoms with Crippen molar-refractivity contribution in [2.75, 3.05) is 0 Å².